The number of carbonyl (C=O) groups excluding carboxylic acids is 3. The highest BCUT2D eigenvalue weighted by Gasteiger charge is 2.68. The van der Waals surface area contributed by atoms with Crippen molar-refractivity contribution in [1.82, 2.24) is 4.90 Å². The lowest BCUT2D eigenvalue weighted by Gasteiger charge is -2.53. The first-order valence-electron chi connectivity index (χ1n) is 13.1. The normalized spacial score (nSPS) is 30.8. The molecule has 10 nitrogen and oxygen atoms in total. The molecule has 0 spiro atoms. The minimum Gasteiger partial charge on any atom is -0.508 e. The number of aliphatic hydroxyl groups is 4. The van der Waals surface area contributed by atoms with Crippen LogP contribution < -0.4 is 5.73 Å². The summed E-state index contributed by atoms with van der Waals surface area (Å²) in [6.07, 6.45) is 0.596. The van der Waals surface area contributed by atoms with Crippen molar-refractivity contribution in [3.05, 3.63) is 45.7 Å². The molecule has 6 atom stereocenters. The number of phenolic OH excluding ortho intramolecular Hbond substituents is 1. The van der Waals surface area contributed by atoms with Gasteiger partial charge in [-0.1, -0.05) is 39.8 Å². The number of aliphatic hydroxyl groups excluding tert-OH is 3. The van der Waals surface area contributed by atoms with Crippen LogP contribution in [0.3, 0.4) is 0 Å². The van der Waals surface area contributed by atoms with E-state index in [-0.39, 0.29) is 22.3 Å². The van der Waals surface area contributed by atoms with E-state index in [0.29, 0.717) is 17.5 Å². The highest BCUT2D eigenvalue weighted by Crippen LogP contribution is 2.56. The molecule has 39 heavy (non-hydrogen) atoms. The summed E-state index contributed by atoms with van der Waals surface area (Å²) in [6, 6.07) is 2.14. The van der Waals surface area contributed by atoms with Crippen LogP contribution in [0.1, 0.15) is 63.1 Å². The predicted octanol–water partition coefficient (Wildman–Crippen LogP) is 1.86. The number of hydrogen-bond donors (Lipinski definition) is 6. The maximum Gasteiger partial charge on any atom is 0.255 e. The molecule has 1 fully saturated rings. The van der Waals surface area contributed by atoms with Gasteiger partial charge in [0.05, 0.1) is 23.6 Å². The summed E-state index contributed by atoms with van der Waals surface area (Å²) in [5.74, 6) is -8.74. The molecule has 1 aromatic rings. The number of fused-ring (bicyclic) bond motifs is 3. The molecule has 0 bridgehead atoms. The lowest BCUT2D eigenvalue weighted by Crippen LogP contribution is -2.70. The lowest BCUT2D eigenvalue weighted by atomic mass is 9.54. The molecule has 0 heterocycles. The van der Waals surface area contributed by atoms with E-state index >= 15 is 0 Å². The van der Waals surface area contributed by atoms with Crippen molar-refractivity contribution in [2.75, 3.05) is 14.1 Å². The number of rotatable bonds is 5. The van der Waals surface area contributed by atoms with Gasteiger partial charge < -0.3 is 31.3 Å². The summed E-state index contributed by atoms with van der Waals surface area (Å²) >= 11 is 0. The van der Waals surface area contributed by atoms with Gasteiger partial charge in [-0.15, -0.1) is 0 Å². The molecule has 0 radical (unpaired) electrons. The van der Waals surface area contributed by atoms with Crippen LogP contribution in [0.4, 0.5) is 0 Å². The fourth-order valence-corrected chi connectivity index (χ4v) is 6.67. The Balaban J connectivity index is 1.92. The van der Waals surface area contributed by atoms with E-state index in [9.17, 15) is 39.9 Å². The van der Waals surface area contributed by atoms with Gasteiger partial charge in [-0.2, -0.15) is 0 Å². The highest BCUT2D eigenvalue weighted by molar-refractivity contribution is 6.24. The smallest absolute Gasteiger partial charge is 0.255 e. The molecule has 1 amide bonds. The molecule has 212 valence electrons. The molecule has 1 aromatic carbocycles. The standard InChI is InChI=1S/C29H38N2O8/c1-12-14-10-9-13(8-7-11-28(2,3)4)21(32)16(14)22(33)17-15(12)23(34)19-20(31(5)6)24(35)18(27(30)38)26(37)29(19,39)25(17)36/h9-10,12,15,19-20,23,32-34,37,39H,7-8,11H2,1-6H3,(H2,30,38). The molecule has 0 aromatic heterocycles. The second-order valence-electron chi connectivity index (χ2n) is 12.5. The number of phenols is 1. The first kappa shape index (κ1) is 28.8. The third-order valence-electron chi connectivity index (χ3n) is 8.59. The molecular formula is C29H38N2O8. The zero-order valence-electron chi connectivity index (χ0n) is 23.1. The van der Waals surface area contributed by atoms with E-state index in [1.165, 1.54) is 19.0 Å². The number of nitrogens with two attached hydrogens (primary N) is 1. The molecule has 3 aliphatic rings. The lowest BCUT2D eigenvalue weighted by molar-refractivity contribution is -0.169. The van der Waals surface area contributed by atoms with Gasteiger partial charge in [0.2, 0.25) is 5.78 Å². The number of ketones is 2. The number of Topliss-reactive ketones (excluding diaryl/α,β-unsaturated/α-hetero) is 2. The molecule has 1 saturated carbocycles. The number of benzene rings is 1. The van der Waals surface area contributed by atoms with Gasteiger partial charge in [-0.25, -0.2) is 0 Å². The number of amides is 1. The van der Waals surface area contributed by atoms with Crippen LogP contribution in [0, 0.1) is 17.3 Å². The van der Waals surface area contributed by atoms with E-state index in [0.717, 1.165) is 12.8 Å². The van der Waals surface area contributed by atoms with Gasteiger partial charge >= 0.3 is 0 Å². The zero-order chi connectivity index (χ0) is 29.4. The Kier molecular flexibility index (Phi) is 6.99. The highest BCUT2D eigenvalue weighted by atomic mass is 16.4. The summed E-state index contributed by atoms with van der Waals surface area (Å²) in [4.78, 5) is 40.7. The van der Waals surface area contributed by atoms with Crippen LogP contribution in [0.2, 0.25) is 0 Å². The minimum absolute atomic E-state index is 0.0271. The van der Waals surface area contributed by atoms with Crippen LogP contribution in [0.25, 0.3) is 5.76 Å². The van der Waals surface area contributed by atoms with Gasteiger partial charge in [-0.3, -0.25) is 19.3 Å². The largest absolute Gasteiger partial charge is 0.508 e. The van der Waals surface area contributed by atoms with Gasteiger partial charge in [0.15, 0.2) is 11.4 Å². The summed E-state index contributed by atoms with van der Waals surface area (Å²) in [6.45, 7) is 8.06. The molecule has 3 aliphatic carbocycles. The average Bonchev–Trinajstić information content (AvgIpc) is 2.81. The maximum absolute atomic E-state index is 14.0. The number of nitrogens with zero attached hydrogens (tertiary/aromatic N) is 1. The van der Waals surface area contributed by atoms with Crippen molar-refractivity contribution in [1.29, 1.82) is 0 Å². The Hall–Kier alpha value is -3.21. The number of likely N-dealkylation sites (N-methyl/N-ethyl adjacent to an activating group) is 1. The summed E-state index contributed by atoms with van der Waals surface area (Å²) < 4.78 is 0. The molecule has 7 N–H and O–H groups in total. The van der Waals surface area contributed by atoms with Crippen LogP contribution in [0.5, 0.6) is 5.75 Å². The van der Waals surface area contributed by atoms with E-state index < -0.39 is 70.1 Å². The van der Waals surface area contributed by atoms with Crippen LogP contribution in [-0.4, -0.2) is 79.7 Å². The third kappa shape index (κ3) is 4.16. The Morgan fingerprint density at radius 1 is 1.13 bits per heavy atom. The second-order valence-corrected chi connectivity index (χ2v) is 12.5. The maximum atomic E-state index is 14.0. The van der Waals surface area contributed by atoms with Crippen LogP contribution in [0.15, 0.2) is 29.0 Å². The SMILES string of the molecule is CC1c2ccc(CCCC(C)(C)C)c(O)c2C(O)=C2C(=O)C3(O)C(O)=C(C(N)=O)C(=O)C(N(C)C)C3C(O)C21. The quantitative estimate of drug-likeness (QED) is 0.303. The van der Waals surface area contributed by atoms with E-state index in [1.54, 1.807) is 19.1 Å². The van der Waals surface area contributed by atoms with Gasteiger partial charge in [0, 0.05) is 11.5 Å². The topological polar surface area (TPSA) is 182 Å². The number of carbonyl (C=O) groups is 3. The van der Waals surface area contributed by atoms with E-state index in [2.05, 4.69) is 20.8 Å². The van der Waals surface area contributed by atoms with Crippen molar-refractivity contribution < 1.29 is 39.9 Å². The number of primary amides is 1. The zero-order valence-corrected chi connectivity index (χ0v) is 23.1. The molecule has 0 aliphatic heterocycles. The number of hydrogen-bond acceptors (Lipinski definition) is 9. The fraction of sp³-hybridized carbons (Fsp3) is 0.552. The average molecular weight is 543 g/mol. The first-order chi connectivity index (χ1) is 18.0. The van der Waals surface area contributed by atoms with Crippen LogP contribution in [-0.2, 0) is 20.8 Å². The second kappa shape index (κ2) is 9.46. The third-order valence-corrected chi connectivity index (χ3v) is 8.59. The Labute approximate surface area is 227 Å². The van der Waals surface area contributed by atoms with E-state index in [4.69, 9.17) is 5.73 Å². The van der Waals surface area contributed by atoms with Crippen molar-refractivity contribution in [2.24, 2.45) is 23.0 Å². The Bertz CT molecular complexity index is 1320. The van der Waals surface area contributed by atoms with Gasteiger partial charge in [-0.05, 0) is 55.8 Å². The van der Waals surface area contributed by atoms with Crippen molar-refractivity contribution in [3.8, 4) is 5.75 Å². The van der Waals surface area contributed by atoms with Crippen molar-refractivity contribution in [2.45, 2.75) is 70.6 Å². The number of aromatic hydroxyl groups is 1. The van der Waals surface area contributed by atoms with Crippen LogP contribution >= 0.6 is 0 Å². The first-order valence-corrected chi connectivity index (χ1v) is 13.1. The van der Waals surface area contributed by atoms with Gasteiger partial charge in [0.25, 0.3) is 5.91 Å². The minimum atomic E-state index is -2.91. The predicted molar refractivity (Wildman–Crippen MR) is 143 cm³/mol. The summed E-state index contributed by atoms with van der Waals surface area (Å²) in [7, 11) is 2.95. The van der Waals surface area contributed by atoms with Gasteiger partial charge in [0.1, 0.15) is 22.8 Å². The van der Waals surface area contributed by atoms with Crippen molar-refractivity contribution in [3.63, 3.8) is 0 Å². The molecular weight excluding hydrogens is 504 g/mol. The molecule has 10 heteroatoms. The molecule has 0 saturated heterocycles. The number of aryl methyl sites for hydroxylation is 1. The summed E-state index contributed by atoms with van der Waals surface area (Å²) in [5, 5.41) is 57.0. The van der Waals surface area contributed by atoms with Crippen molar-refractivity contribution >= 4 is 23.2 Å². The van der Waals surface area contributed by atoms with E-state index in [1.807, 2.05) is 0 Å². The molecule has 4 rings (SSSR count). The Morgan fingerprint density at radius 2 is 1.74 bits per heavy atom. The fourth-order valence-electron chi connectivity index (χ4n) is 6.67. The molecule has 6 unspecified atom stereocenters. The summed E-state index contributed by atoms with van der Waals surface area (Å²) in [5.41, 5.74) is 2.31. The Morgan fingerprint density at radius 3 is 2.28 bits per heavy atom. The monoisotopic (exact) mass is 542 g/mol.